The van der Waals surface area contributed by atoms with Gasteiger partial charge in [0.05, 0.1) is 25.3 Å². The van der Waals surface area contributed by atoms with Crippen LogP contribution in [0.3, 0.4) is 0 Å². The molecule has 6 heteroatoms. The maximum absolute atomic E-state index is 12.0. The number of carbonyl (C=O) groups is 1. The van der Waals surface area contributed by atoms with Crippen molar-refractivity contribution >= 4 is 24.4 Å². The molecule has 0 saturated carbocycles. The maximum Gasteiger partial charge on any atom is 0.323 e. The van der Waals surface area contributed by atoms with Crippen LogP contribution in [0.4, 0.5) is 4.79 Å². The van der Waals surface area contributed by atoms with Gasteiger partial charge in [-0.25, -0.2) is 4.79 Å². The quantitative estimate of drug-likeness (QED) is 0.818. The van der Waals surface area contributed by atoms with Gasteiger partial charge in [0.15, 0.2) is 11.5 Å². The topological polar surface area (TPSA) is 50.8 Å². The molecule has 106 valence electrons. The van der Waals surface area contributed by atoms with E-state index in [4.69, 9.17) is 9.47 Å². The van der Waals surface area contributed by atoms with Gasteiger partial charge in [0.2, 0.25) is 0 Å². The molecule has 20 heavy (non-hydrogen) atoms. The van der Waals surface area contributed by atoms with E-state index >= 15 is 0 Å². The van der Waals surface area contributed by atoms with E-state index in [0.29, 0.717) is 18.0 Å². The van der Waals surface area contributed by atoms with Crippen molar-refractivity contribution in [3.05, 3.63) is 29.3 Å². The van der Waals surface area contributed by atoms with E-state index in [-0.39, 0.29) is 11.4 Å². The lowest BCUT2D eigenvalue weighted by Gasteiger charge is -2.36. The Morgan fingerprint density at radius 3 is 2.70 bits per heavy atom. The Morgan fingerprint density at radius 1 is 1.30 bits per heavy atom. The van der Waals surface area contributed by atoms with Crippen molar-refractivity contribution in [2.75, 3.05) is 20.8 Å². The zero-order valence-corrected chi connectivity index (χ0v) is 12.2. The smallest absolute Gasteiger partial charge is 0.323 e. The number of ether oxygens (including phenoxy) is 2. The van der Waals surface area contributed by atoms with Crippen LogP contribution in [0, 0.1) is 0 Å². The van der Waals surface area contributed by atoms with Crippen molar-refractivity contribution in [3.8, 4) is 11.5 Å². The lowest BCUT2D eigenvalue weighted by atomic mass is 9.95. The monoisotopic (exact) mass is 292 g/mol. The predicted octanol–water partition coefficient (Wildman–Crippen LogP) is 1.88. The second kappa shape index (κ2) is 4.94. The molecule has 0 aliphatic carbocycles. The second-order valence-electron chi connectivity index (χ2n) is 4.71. The highest BCUT2D eigenvalue weighted by atomic mass is 32.1. The molecule has 3 rings (SSSR count). The van der Waals surface area contributed by atoms with Crippen LogP contribution in [-0.4, -0.2) is 37.1 Å². The molecule has 0 aromatic heterocycles. The summed E-state index contributed by atoms with van der Waals surface area (Å²) < 4.78 is 10.7. The fraction of sp³-hybridized carbons (Fsp3) is 0.357. The highest BCUT2D eigenvalue weighted by Gasteiger charge is 2.31. The average molecular weight is 292 g/mol. The maximum atomic E-state index is 12.0. The van der Waals surface area contributed by atoms with E-state index in [0.717, 1.165) is 23.2 Å². The van der Waals surface area contributed by atoms with E-state index in [1.807, 2.05) is 18.2 Å². The van der Waals surface area contributed by atoms with Crippen LogP contribution >= 0.6 is 12.6 Å². The van der Waals surface area contributed by atoms with Gasteiger partial charge < -0.3 is 14.8 Å². The summed E-state index contributed by atoms with van der Waals surface area (Å²) in [5.74, 6) is 1.37. The summed E-state index contributed by atoms with van der Waals surface area (Å²) in [7, 11) is 3.23. The molecule has 0 spiro atoms. The Bertz CT molecular complexity index is 600. The molecule has 1 aromatic carbocycles. The first-order valence-corrected chi connectivity index (χ1v) is 6.89. The van der Waals surface area contributed by atoms with Crippen LogP contribution in [-0.2, 0) is 6.42 Å². The number of nitrogens with zero attached hydrogens (tertiary/aromatic N) is 1. The first-order valence-electron chi connectivity index (χ1n) is 6.37. The largest absolute Gasteiger partial charge is 0.493 e. The summed E-state index contributed by atoms with van der Waals surface area (Å²) >= 11 is 4.33. The zero-order valence-electron chi connectivity index (χ0n) is 11.3. The van der Waals surface area contributed by atoms with Crippen LogP contribution in [0.15, 0.2) is 18.2 Å². The van der Waals surface area contributed by atoms with Crippen LogP contribution in [0.25, 0.3) is 5.70 Å². The highest BCUT2D eigenvalue weighted by molar-refractivity contribution is 7.81. The van der Waals surface area contributed by atoms with Gasteiger partial charge in [0.25, 0.3) is 0 Å². The SMILES string of the molecule is COc1cc2c(cc1OC)C1=CC(S)NC(=O)N1CC2. The van der Waals surface area contributed by atoms with Gasteiger partial charge in [0.1, 0.15) is 0 Å². The molecular formula is C14H16N2O3S. The van der Waals surface area contributed by atoms with Gasteiger partial charge in [-0.2, -0.15) is 12.6 Å². The molecule has 1 N–H and O–H groups in total. The molecule has 0 fully saturated rings. The minimum atomic E-state index is -0.271. The lowest BCUT2D eigenvalue weighted by Crippen LogP contribution is -2.48. The fourth-order valence-electron chi connectivity index (χ4n) is 2.65. The number of amides is 2. The van der Waals surface area contributed by atoms with Gasteiger partial charge in [-0.1, -0.05) is 0 Å². The summed E-state index contributed by atoms with van der Waals surface area (Å²) in [5, 5.41) is 2.51. The Morgan fingerprint density at radius 2 is 2.00 bits per heavy atom. The minimum absolute atomic E-state index is 0.108. The Kier molecular flexibility index (Phi) is 3.25. The highest BCUT2D eigenvalue weighted by Crippen LogP contribution is 2.38. The lowest BCUT2D eigenvalue weighted by molar-refractivity contribution is 0.215. The number of nitrogens with one attached hydrogen (secondary N) is 1. The summed E-state index contributed by atoms with van der Waals surface area (Å²) in [6.07, 6.45) is 2.73. The first-order chi connectivity index (χ1) is 9.63. The molecular weight excluding hydrogens is 276 g/mol. The van der Waals surface area contributed by atoms with Gasteiger partial charge in [-0.15, -0.1) is 0 Å². The predicted molar refractivity (Wildman–Crippen MR) is 79.2 cm³/mol. The second-order valence-corrected chi connectivity index (χ2v) is 5.27. The first kappa shape index (κ1) is 13.2. The van der Waals surface area contributed by atoms with Gasteiger partial charge in [-0.05, 0) is 30.2 Å². The van der Waals surface area contributed by atoms with E-state index in [1.165, 1.54) is 0 Å². The normalized spacial score (nSPS) is 20.6. The minimum Gasteiger partial charge on any atom is -0.493 e. The molecule has 2 heterocycles. The Hall–Kier alpha value is -1.82. The Balaban J connectivity index is 2.14. The summed E-state index contributed by atoms with van der Waals surface area (Å²) in [6, 6.07) is 3.79. The molecule has 2 aliphatic rings. The van der Waals surface area contributed by atoms with Gasteiger partial charge in [0, 0.05) is 12.1 Å². The molecule has 0 bridgehead atoms. The number of urea groups is 1. The van der Waals surface area contributed by atoms with E-state index in [1.54, 1.807) is 19.1 Å². The fourth-order valence-corrected chi connectivity index (χ4v) is 2.90. The molecule has 1 aromatic rings. The third-order valence-electron chi connectivity index (χ3n) is 3.61. The number of carbonyl (C=O) groups excluding carboxylic acids is 1. The number of fused-ring (bicyclic) bond motifs is 3. The Labute approximate surface area is 123 Å². The standard InChI is InChI=1S/C14H16N2O3S/c1-18-11-5-8-3-4-16-10(7-13(20)15-14(16)17)9(8)6-12(11)19-2/h5-7,13,20H,3-4H2,1-2H3,(H,15,17). The molecule has 2 amide bonds. The van der Waals surface area contributed by atoms with Crippen molar-refractivity contribution < 1.29 is 14.3 Å². The molecule has 2 aliphatic heterocycles. The van der Waals surface area contributed by atoms with Crippen molar-refractivity contribution in [3.63, 3.8) is 0 Å². The summed E-state index contributed by atoms with van der Waals surface area (Å²) in [5.41, 5.74) is 3.04. The number of methoxy groups -OCH3 is 2. The van der Waals surface area contributed by atoms with Gasteiger partial charge in [-0.3, -0.25) is 4.90 Å². The van der Waals surface area contributed by atoms with Crippen LogP contribution < -0.4 is 14.8 Å². The van der Waals surface area contributed by atoms with Crippen molar-refractivity contribution in [1.82, 2.24) is 10.2 Å². The third kappa shape index (κ3) is 2.00. The van der Waals surface area contributed by atoms with Crippen molar-refractivity contribution in [1.29, 1.82) is 0 Å². The van der Waals surface area contributed by atoms with E-state index in [2.05, 4.69) is 17.9 Å². The van der Waals surface area contributed by atoms with Crippen molar-refractivity contribution in [2.24, 2.45) is 0 Å². The number of hydrogen-bond donors (Lipinski definition) is 2. The van der Waals surface area contributed by atoms with E-state index in [9.17, 15) is 4.79 Å². The van der Waals surface area contributed by atoms with Gasteiger partial charge >= 0.3 is 6.03 Å². The summed E-state index contributed by atoms with van der Waals surface area (Å²) in [6.45, 7) is 0.653. The third-order valence-corrected chi connectivity index (χ3v) is 3.89. The van der Waals surface area contributed by atoms with E-state index < -0.39 is 0 Å². The number of thiol groups is 1. The van der Waals surface area contributed by atoms with Crippen molar-refractivity contribution in [2.45, 2.75) is 11.8 Å². The number of benzene rings is 1. The average Bonchev–Trinajstić information content (AvgIpc) is 2.45. The molecule has 1 atom stereocenters. The summed E-state index contributed by atoms with van der Waals surface area (Å²) in [4.78, 5) is 13.7. The van der Waals surface area contributed by atoms with Crippen LogP contribution in [0.1, 0.15) is 11.1 Å². The zero-order chi connectivity index (χ0) is 14.3. The van der Waals surface area contributed by atoms with Crippen LogP contribution in [0.2, 0.25) is 0 Å². The van der Waals surface area contributed by atoms with Crippen LogP contribution in [0.5, 0.6) is 11.5 Å². The molecule has 0 radical (unpaired) electrons. The molecule has 0 saturated heterocycles. The number of rotatable bonds is 2. The number of hydrogen-bond acceptors (Lipinski definition) is 4. The molecule has 5 nitrogen and oxygen atoms in total. The molecule has 1 unspecified atom stereocenters.